The van der Waals surface area contributed by atoms with E-state index in [2.05, 4.69) is 0 Å². The van der Waals surface area contributed by atoms with E-state index in [1.807, 2.05) is 0 Å². The maximum atomic E-state index is 8.52. The molecule has 0 aromatic carbocycles. The SMILES string of the molecule is O=S(=O)([O-])[O-].[Cl-].[K+].[Mg+2].[Mg+2]. The standard InChI is InChI=1S/ClH.K.2Mg.H2O4S/c;;;;1-5(2,3)4/h1H;;;;(H2,1,2,3,4)/q;+1;2*+2;/p-3. The minimum atomic E-state index is -5.17. The average molecular weight is 219 g/mol. The fraction of sp³-hybridized carbons (Fsp3) is 0. The monoisotopic (exact) mass is 218 g/mol. The summed E-state index contributed by atoms with van der Waals surface area (Å²) < 4.78 is 34.1. The zero-order valence-electron chi connectivity index (χ0n) is 4.83. The molecule has 0 fully saturated rings. The molecule has 0 rings (SSSR count). The first-order chi connectivity index (χ1) is 2.00. The predicted molar refractivity (Wildman–Crippen MR) is 22.0 cm³/mol. The Hall–Kier alpha value is 3.33. The van der Waals surface area contributed by atoms with Gasteiger partial charge in [0.05, 0.1) is 0 Å². The van der Waals surface area contributed by atoms with Crippen LogP contribution in [-0.2, 0) is 10.4 Å². The Morgan fingerprint density at radius 3 is 1.00 bits per heavy atom. The van der Waals surface area contributed by atoms with E-state index in [1.165, 1.54) is 0 Å². The molecule has 0 saturated heterocycles. The van der Waals surface area contributed by atoms with E-state index in [1.54, 1.807) is 0 Å². The van der Waals surface area contributed by atoms with Crippen LogP contribution in [-0.4, -0.2) is 63.6 Å². The van der Waals surface area contributed by atoms with Crippen LogP contribution in [0.4, 0.5) is 0 Å². The number of hydrogen-bond acceptors (Lipinski definition) is 4. The molecule has 0 atom stereocenters. The van der Waals surface area contributed by atoms with Gasteiger partial charge in [-0.05, 0) is 0 Å². The van der Waals surface area contributed by atoms with Crippen molar-refractivity contribution in [1.29, 1.82) is 0 Å². The average Bonchev–Trinajstić information content (AvgIpc) is 0.722. The predicted octanol–water partition coefficient (Wildman–Crippen LogP) is -8.09. The van der Waals surface area contributed by atoms with E-state index in [0.29, 0.717) is 0 Å². The van der Waals surface area contributed by atoms with E-state index in [9.17, 15) is 0 Å². The molecule has 0 spiro atoms. The van der Waals surface area contributed by atoms with Gasteiger partial charge in [-0.3, -0.25) is 8.42 Å². The Bertz CT molecular complexity index is 102. The molecule has 0 aliphatic carbocycles. The van der Waals surface area contributed by atoms with Gasteiger partial charge in [-0.25, -0.2) is 0 Å². The Morgan fingerprint density at radius 2 is 1.00 bits per heavy atom. The van der Waals surface area contributed by atoms with Crippen LogP contribution in [0.5, 0.6) is 0 Å². The second-order valence-electron chi connectivity index (χ2n) is 0.408. The zero-order valence-corrected chi connectivity index (χ0v) is 12.4. The van der Waals surface area contributed by atoms with E-state index < -0.39 is 10.4 Å². The first kappa shape index (κ1) is 29.5. The molecule has 0 radical (unpaired) electrons. The van der Waals surface area contributed by atoms with Gasteiger partial charge in [-0.1, -0.05) is 0 Å². The molecule has 0 aliphatic heterocycles. The Morgan fingerprint density at radius 1 is 1.00 bits per heavy atom. The van der Waals surface area contributed by atoms with Crippen LogP contribution >= 0.6 is 0 Å². The Balaban J connectivity index is -0.0000000133. The second-order valence-corrected chi connectivity index (χ2v) is 1.22. The van der Waals surface area contributed by atoms with Crippen molar-refractivity contribution in [2.45, 2.75) is 0 Å². The molecule has 0 amide bonds. The van der Waals surface area contributed by atoms with Crippen molar-refractivity contribution in [2.75, 3.05) is 0 Å². The first-order valence-electron chi connectivity index (χ1n) is 0.667. The zero-order chi connectivity index (χ0) is 4.50. The molecule has 9 heavy (non-hydrogen) atoms. The Labute approximate surface area is 135 Å². The van der Waals surface area contributed by atoms with E-state index >= 15 is 0 Å². The van der Waals surface area contributed by atoms with Crippen molar-refractivity contribution < 1.29 is 81.3 Å². The van der Waals surface area contributed by atoms with E-state index in [4.69, 9.17) is 17.5 Å². The maximum absolute atomic E-state index is 8.52. The van der Waals surface area contributed by atoms with Crippen molar-refractivity contribution in [3.8, 4) is 0 Å². The van der Waals surface area contributed by atoms with Gasteiger partial charge in [0.1, 0.15) is 0 Å². The van der Waals surface area contributed by atoms with Gasteiger partial charge >= 0.3 is 97.5 Å². The van der Waals surface area contributed by atoms with Crippen molar-refractivity contribution in [3.63, 3.8) is 0 Å². The molecule has 0 aromatic heterocycles. The second kappa shape index (κ2) is 13.9. The summed E-state index contributed by atoms with van der Waals surface area (Å²) in [4.78, 5) is 0. The van der Waals surface area contributed by atoms with Crippen LogP contribution < -0.4 is 63.8 Å². The van der Waals surface area contributed by atoms with Gasteiger partial charge in [0.2, 0.25) is 0 Å². The van der Waals surface area contributed by atoms with Gasteiger partial charge in [-0.15, -0.1) is 0 Å². The third-order valence-corrected chi connectivity index (χ3v) is 0. The van der Waals surface area contributed by atoms with Crippen LogP contribution in [0.1, 0.15) is 0 Å². The van der Waals surface area contributed by atoms with Gasteiger partial charge in [0.25, 0.3) is 0 Å². The summed E-state index contributed by atoms with van der Waals surface area (Å²) in [7, 11) is -5.17. The van der Waals surface area contributed by atoms with Gasteiger partial charge < -0.3 is 21.5 Å². The molecule has 0 aromatic rings. The van der Waals surface area contributed by atoms with Crippen molar-refractivity contribution in [3.05, 3.63) is 0 Å². The molecule has 0 unspecified atom stereocenters. The molecular weight excluding hydrogens is 219 g/mol. The molecule has 0 heterocycles. The minimum absolute atomic E-state index is 0. The third-order valence-electron chi connectivity index (χ3n) is 0. The minimum Gasteiger partial charge on any atom is -1.00 e. The molecule has 0 bridgehead atoms. The fourth-order valence-corrected chi connectivity index (χ4v) is 0. The van der Waals surface area contributed by atoms with Crippen LogP contribution in [0.25, 0.3) is 0 Å². The molecular formula is ClKMg2O4S+2. The number of halogens is 1. The molecule has 9 heteroatoms. The topological polar surface area (TPSA) is 80.3 Å². The quantitative estimate of drug-likeness (QED) is 0.230. The smallest absolute Gasteiger partial charge is 1.00 e. The summed E-state index contributed by atoms with van der Waals surface area (Å²) >= 11 is 0. The van der Waals surface area contributed by atoms with Gasteiger partial charge in [-0.2, -0.15) is 0 Å². The third kappa shape index (κ3) is 89.0. The van der Waals surface area contributed by atoms with Gasteiger partial charge in [0.15, 0.2) is 0 Å². The summed E-state index contributed by atoms with van der Waals surface area (Å²) in [5.74, 6) is 0. The summed E-state index contributed by atoms with van der Waals surface area (Å²) in [6, 6.07) is 0. The molecule has 4 nitrogen and oxygen atoms in total. The van der Waals surface area contributed by atoms with Crippen molar-refractivity contribution in [2.24, 2.45) is 0 Å². The summed E-state index contributed by atoms with van der Waals surface area (Å²) in [6.45, 7) is 0. The molecule has 0 saturated carbocycles. The van der Waals surface area contributed by atoms with Crippen LogP contribution in [0.2, 0.25) is 0 Å². The van der Waals surface area contributed by atoms with E-state index in [0.717, 1.165) is 0 Å². The first-order valence-corrected chi connectivity index (χ1v) is 2.00. The van der Waals surface area contributed by atoms with Crippen LogP contribution in [0.15, 0.2) is 0 Å². The van der Waals surface area contributed by atoms with Crippen LogP contribution in [0, 0.1) is 0 Å². The Kier molecular flexibility index (Phi) is 45.5. The maximum Gasteiger partial charge on any atom is 2.00 e. The normalized spacial score (nSPS) is 6.44. The molecule has 40 valence electrons. The summed E-state index contributed by atoms with van der Waals surface area (Å²) in [6.07, 6.45) is 0. The summed E-state index contributed by atoms with van der Waals surface area (Å²) in [5, 5.41) is 0. The fourth-order valence-electron chi connectivity index (χ4n) is 0. The summed E-state index contributed by atoms with van der Waals surface area (Å²) in [5.41, 5.74) is 0. The van der Waals surface area contributed by atoms with Crippen molar-refractivity contribution in [1.82, 2.24) is 0 Å². The van der Waals surface area contributed by atoms with Crippen LogP contribution in [0.3, 0.4) is 0 Å². The van der Waals surface area contributed by atoms with Crippen molar-refractivity contribution >= 4 is 56.5 Å². The molecule has 0 N–H and O–H groups in total. The molecule has 0 aliphatic rings. The van der Waals surface area contributed by atoms with E-state index in [-0.39, 0.29) is 110 Å². The number of hydrogen-bond donors (Lipinski definition) is 0. The number of rotatable bonds is 0. The largest absolute Gasteiger partial charge is 2.00 e. The van der Waals surface area contributed by atoms with Gasteiger partial charge in [0, 0.05) is 10.4 Å².